The van der Waals surface area contributed by atoms with Crippen LogP contribution in [-0.4, -0.2) is 44.8 Å². The molecule has 0 heterocycles. The molecule has 0 aromatic heterocycles. The molecule has 0 aliphatic heterocycles. The number of hydrogen-bond acceptors (Lipinski definition) is 4. The maximum absolute atomic E-state index is 5.47. The van der Waals surface area contributed by atoms with Gasteiger partial charge in [-0.05, 0) is 31.6 Å². The first kappa shape index (κ1) is 17.8. The van der Waals surface area contributed by atoms with Gasteiger partial charge >= 0.3 is 0 Å². The molecule has 0 amide bonds. The summed E-state index contributed by atoms with van der Waals surface area (Å²) in [5.41, 5.74) is 1.04. The number of benzene rings is 1. The van der Waals surface area contributed by atoms with Crippen molar-refractivity contribution in [3.63, 3.8) is 0 Å². The Morgan fingerprint density at radius 2 is 2.13 bits per heavy atom. The van der Waals surface area contributed by atoms with Crippen molar-refractivity contribution < 1.29 is 9.47 Å². The molecule has 1 aliphatic carbocycles. The van der Waals surface area contributed by atoms with E-state index < -0.39 is 0 Å². The van der Waals surface area contributed by atoms with E-state index in [9.17, 15) is 0 Å². The number of thioether (sulfide) groups is 1. The van der Waals surface area contributed by atoms with Gasteiger partial charge in [-0.3, -0.25) is 4.99 Å². The zero-order valence-electron chi connectivity index (χ0n) is 14.4. The minimum atomic E-state index is 0.505. The predicted molar refractivity (Wildman–Crippen MR) is 97.8 cm³/mol. The summed E-state index contributed by atoms with van der Waals surface area (Å²) >= 11 is 1.96. The van der Waals surface area contributed by atoms with E-state index >= 15 is 0 Å². The van der Waals surface area contributed by atoms with Crippen molar-refractivity contribution >= 4 is 17.7 Å². The zero-order valence-corrected chi connectivity index (χ0v) is 15.2. The third-order valence-corrected chi connectivity index (χ3v) is 5.31. The van der Waals surface area contributed by atoms with Crippen LogP contribution in [0.15, 0.2) is 23.2 Å². The van der Waals surface area contributed by atoms with E-state index in [0.29, 0.717) is 12.6 Å². The lowest BCUT2D eigenvalue weighted by Crippen LogP contribution is -2.42. The van der Waals surface area contributed by atoms with Gasteiger partial charge in [-0.15, -0.1) is 0 Å². The van der Waals surface area contributed by atoms with Crippen molar-refractivity contribution in [3.05, 3.63) is 23.8 Å². The Morgan fingerprint density at radius 3 is 2.74 bits per heavy atom. The molecule has 5 nitrogen and oxygen atoms in total. The standard InChI is InChI=1S/C17H27N3O2S/c1-18-17(20-13-8-9-14(10-13)23-4)19-11-12-6-5-7-15(21-2)16(12)22-3/h5-7,13-14H,8-11H2,1-4H3,(H2,18,19,20). The maximum atomic E-state index is 5.47. The molecule has 2 atom stereocenters. The van der Waals surface area contributed by atoms with Crippen LogP contribution < -0.4 is 20.1 Å². The van der Waals surface area contributed by atoms with Gasteiger partial charge in [0, 0.05) is 30.4 Å². The average Bonchev–Trinajstić information content (AvgIpc) is 3.05. The second-order valence-electron chi connectivity index (χ2n) is 5.59. The second-order valence-corrected chi connectivity index (χ2v) is 6.73. The van der Waals surface area contributed by atoms with Crippen LogP contribution in [0.4, 0.5) is 0 Å². The summed E-state index contributed by atoms with van der Waals surface area (Å²) in [6.07, 6.45) is 5.87. The number of aliphatic imine (C=N–C) groups is 1. The van der Waals surface area contributed by atoms with Gasteiger partial charge in [0.15, 0.2) is 17.5 Å². The molecule has 6 heteroatoms. The van der Waals surface area contributed by atoms with Crippen LogP contribution in [0.5, 0.6) is 11.5 Å². The molecule has 0 spiro atoms. The van der Waals surface area contributed by atoms with E-state index in [1.807, 2.05) is 30.0 Å². The first-order chi connectivity index (χ1) is 11.2. The smallest absolute Gasteiger partial charge is 0.191 e. The van der Waals surface area contributed by atoms with Gasteiger partial charge in [0.1, 0.15) is 0 Å². The Hall–Kier alpha value is -1.56. The van der Waals surface area contributed by atoms with Crippen LogP contribution in [-0.2, 0) is 6.54 Å². The largest absolute Gasteiger partial charge is 0.493 e. The highest BCUT2D eigenvalue weighted by molar-refractivity contribution is 7.99. The Bertz CT molecular complexity index is 537. The highest BCUT2D eigenvalue weighted by Crippen LogP contribution is 2.30. The van der Waals surface area contributed by atoms with Gasteiger partial charge in [0.25, 0.3) is 0 Å². The number of para-hydroxylation sites is 1. The Kier molecular flexibility index (Phi) is 6.89. The van der Waals surface area contributed by atoms with Gasteiger partial charge in [-0.2, -0.15) is 11.8 Å². The van der Waals surface area contributed by atoms with Crippen LogP contribution in [0.3, 0.4) is 0 Å². The summed E-state index contributed by atoms with van der Waals surface area (Å²) in [6.45, 7) is 0.638. The second kappa shape index (κ2) is 8.91. The Labute approximate surface area is 143 Å². The summed E-state index contributed by atoms with van der Waals surface area (Å²) in [5, 5.41) is 7.66. The average molecular weight is 337 g/mol. The van der Waals surface area contributed by atoms with E-state index in [1.54, 1.807) is 21.3 Å². The molecule has 1 fully saturated rings. The normalized spacial score (nSPS) is 21.1. The van der Waals surface area contributed by atoms with E-state index in [1.165, 1.54) is 19.3 Å². The van der Waals surface area contributed by atoms with Crippen molar-refractivity contribution in [3.8, 4) is 11.5 Å². The summed E-state index contributed by atoms with van der Waals surface area (Å²) < 4.78 is 10.8. The van der Waals surface area contributed by atoms with Crippen LogP contribution in [0.25, 0.3) is 0 Å². The fraction of sp³-hybridized carbons (Fsp3) is 0.588. The quantitative estimate of drug-likeness (QED) is 0.617. The molecule has 128 valence electrons. The number of ether oxygens (including phenoxy) is 2. The molecule has 2 rings (SSSR count). The van der Waals surface area contributed by atoms with Gasteiger partial charge in [0.2, 0.25) is 0 Å². The fourth-order valence-electron chi connectivity index (χ4n) is 2.95. The summed E-state index contributed by atoms with van der Waals surface area (Å²) in [6, 6.07) is 6.40. The SMILES string of the molecule is CN=C(NCc1cccc(OC)c1OC)NC1CCC(SC)C1. The first-order valence-corrected chi connectivity index (χ1v) is 9.20. The zero-order chi connectivity index (χ0) is 16.7. The lowest BCUT2D eigenvalue weighted by Gasteiger charge is -2.18. The summed E-state index contributed by atoms with van der Waals surface area (Å²) in [7, 11) is 5.12. The molecule has 1 aromatic rings. The maximum Gasteiger partial charge on any atom is 0.191 e. The first-order valence-electron chi connectivity index (χ1n) is 7.91. The van der Waals surface area contributed by atoms with E-state index in [4.69, 9.17) is 9.47 Å². The number of rotatable bonds is 6. The van der Waals surface area contributed by atoms with Crippen molar-refractivity contribution in [2.75, 3.05) is 27.5 Å². The molecule has 1 aromatic carbocycles. The van der Waals surface area contributed by atoms with Gasteiger partial charge in [-0.25, -0.2) is 0 Å². The summed E-state index contributed by atoms with van der Waals surface area (Å²) in [4.78, 5) is 4.33. The van der Waals surface area contributed by atoms with Crippen LogP contribution in [0.2, 0.25) is 0 Å². The topological polar surface area (TPSA) is 54.9 Å². The molecule has 23 heavy (non-hydrogen) atoms. The lowest BCUT2D eigenvalue weighted by atomic mass is 10.2. The van der Waals surface area contributed by atoms with Gasteiger partial charge in [-0.1, -0.05) is 12.1 Å². The predicted octanol–water partition coefficient (Wildman–Crippen LogP) is 2.65. The summed E-state index contributed by atoms with van der Waals surface area (Å²) in [5.74, 6) is 2.34. The third-order valence-electron chi connectivity index (χ3n) is 4.21. The van der Waals surface area contributed by atoms with Crippen molar-refractivity contribution in [2.45, 2.75) is 37.1 Å². The molecular weight excluding hydrogens is 310 g/mol. The molecule has 0 radical (unpaired) electrons. The Balaban J connectivity index is 1.94. The van der Waals surface area contributed by atoms with Crippen LogP contribution in [0.1, 0.15) is 24.8 Å². The van der Waals surface area contributed by atoms with Gasteiger partial charge < -0.3 is 20.1 Å². The highest BCUT2D eigenvalue weighted by Gasteiger charge is 2.24. The number of methoxy groups -OCH3 is 2. The number of nitrogens with zero attached hydrogens (tertiary/aromatic N) is 1. The lowest BCUT2D eigenvalue weighted by molar-refractivity contribution is 0.351. The number of hydrogen-bond donors (Lipinski definition) is 2. The molecule has 2 unspecified atom stereocenters. The highest BCUT2D eigenvalue weighted by atomic mass is 32.2. The molecule has 1 aliphatic rings. The molecule has 0 bridgehead atoms. The fourth-order valence-corrected chi connectivity index (χ4v) is 3.74. The van der Waals surface area contributed by atoms with Crippen molar-refractivity contribution in [1.82, 2.24) is 10.6 Å². The minimum absolute atomic E-state index is 0.505. The van der Waals surface area contributed by atoms with E-state index in [0.717, 1.165) is 28.3 Å². The molecular formula is C17H27N3O2S. The minimum Gasteiger partial charge on any atom is -0.493 e. The van der Waals surface area contributed by atoms with Crippen molar-refractivity contribution in [2.24, 2.45) is 4.99 Å². The Morgan fingerprint density at radius 1 is 1.30 bits per heavy atom. The van der Waals surface area contributed by atoms with E-state index in [2.05, 4.69) is 21.9 Å². The van der Waals surface area contributed by atoms with Gasteiger partial charge in [0.05, 0.1) is 14.2 Å². The monoisotopic (exact) mass is 337 g/mol. The number of guanidine groups is 1. The number of nitrogens with one attached hydrogen (secondary N) is 2. The molecule has 2 N–H and O–H groups in total. The molecule has 1 saturated carbocycles. The van der Waals surface area contributed by atoms with E-state index in [-0.39, 0.29) is 0 Å². The van der Waals surface area contributed by atoms with Crippen LogP contribution >= 0.6 is 11.8 Å². The molecule has 0 saturated heterocycles. The van der Waals surface area contributed by atoms with Crippen LogP contribution in [0, 0.1) is 0 Å². The van der Waals surface area contributed by atoms with Crippen molar-refractivity contribution in [1.29, 1.82) is 0 Å². The third kappa shape index (κ3) is 4.70.